The molecule has 1 aliphatic carbocycles. The number of carboxylic acids is 1. The highest BCUT2D eigenvalue weighted by Crippen LogP contribution is 2.26. The Kier molecular flexibility index (Phi) is 3.12. The smallest absolute Gasteiger partial charge is 0.325 e. The van der Waals surface area contributed by atoms with Gasteiger partial charge in [-0.3, -0.25) is 10.1 Å². The van der Waals surface area contributed by atoms with Crippen LogP contribution in [0.5, 0.6) is 0 Å². The third kappa shape index (κ3) is 3.10. The third-order valence-corrected chi connectivity index (χ3v) is 2.26. The van der Waals surface area contributed by atoms with Crippen molar-refractivity contribution in [2.75, 3.05) is 11.9 Å². The molecule has 2 N–H and O–H groups in total. The largest absolute Gasteiger partial charge is 0.480 e. The van der Waals surface area contributed by atoms with Crippen LogP contribution in [0.15, 0.2) is 12.4 Å². The minimum absolute atomic E-state index is 0.00257. The van der Waals surface area contributed by atoms with Gasteiger partial charge in [0, 0.05) is 6.04 Å². The van der Waals surface area contributed by atoms with E-state index in [0.717, 1.165) is 12.8 Å². The van der Waals surface area contributed by atoms with E-state index in [4.69, 9.17) is 5.11 Å². The van der Waals surface area contributed by atoms with Crippen molar-refractivity contribution in [2.45, 2.75) is 18.9 Å². The van der Waals surface area contributed by atoms with E-state index in [1.54, 1.807) is 0 Å². The molecule has 0 unspecified atom stereocenters. The summed E-state index contributed by atoms with van der Waals surface area (Å²) in [7, 11) is 0. The second-order valence-electron chi connectivity index (χ2n) is 3.65. The van der Waals surface area contributed by atoms with Crippen LogP contribution < -0.4 is 5.32 Å². The first-order chi connectivity index (χ1) is 8.16. The van der Waals surface area contributed by atoms with Crippen LogP contribution in [0.25, 0.3) is 0 Å². The summed E-state index contributed by atoms with van der Waals surface area (Å²) >= 11 is 0. The van der Waals surface area contributed by atoms with Gasteiger partial charge in [0.15, 0.2) is 0 Å². The molecule has 0 aromatic carbocycles. The summed E-state index contributed by atoms with van der Waals surface area (Å²) in [4.78, 5) is 27.4. The maximum absolute atomic E-state index is 11.8. The first-order valence-corrected chi connectivity index (χ1v) is 5.10. The average Bonchev–Trinajstić information content (AvgIpc) is 3.10. The summed E-state index contributed by atoms with van der Waals surface area (Å²) in [6.07, 6.45) is 4.43. The molecule has 0 radical (unpaired) electrons. The predicted octanol–water partition coefficient (Wildman–Crippen LogP) is -0.0475. The monoisotopic (exact) mass is 237 g/mol. The third-order valence-electron chi connectivity index (χ3n) is 2.26. The zero-order valence-electron chi connectivity index (χ0n) is 8.91. The Labute approximate surface area is 96.7 Å². The van der Waals surface area contributed by atoms with Crippen LogP contribution in [0.3, 0.4) is 0 Å². The number of carbonyl (C=O) groups is 2. The van der Waals surface area contributed by atoms with Gasteiger partial charge in [0.1, 0.15) is 6.54 Å². The Hall–Kier alpha value is -2.25. The van der Waals surface area contributed by atoms with Gasteiger partial charge in [-0.05, 0) is 12.8 Å². The quantitative estimate of drug-likeness (QED) is 0.760. The summed E-state index contributed by atoms with van der Waals surface area (Å²) < 4.78 is 0. The number of rotatable bonds is 4. The van der Waals surface area contributed by atoms with Crippen molar-refractivity contribution in [1.82, 2.24) is 20.1 Å². The lowest BCUT2D eigenvalue weighted by molar-refractivity contribution is -0.137. The number of carbonyl (C=O) groups excluding carboxylic acids is 1. The second-order valence-corrected chi connectivity index (χ2v) is 3.65. The van der Waals surface area contributed by atoms with Crippen molar-refractivity contribution in [3.05, 3.63) is 12.4 Å². The number of hydrogen-bond acceptors (Lipinski definition) is 5. The molecule has 0 bridgehead atoms. The Morgan fingerprint density at radius 2 is 2.24 bits per heavy atom. The van der Waals surface area contributed by atoms with Gasteiger partial charge in [-0.25, -0.2) is 9.78 Å². The Morgan fingerprint density at radius 3 is 2.76 bits per heavy atom. The lowest BCUT2D eigenvalue weighted by Crippen LogP contribution is -2.40. The summed E-state index contributed by atoms with van der Waals surface area (Å²) in [6.45, 7) is -0.323. The molecule has 1 saturated carbocycles. The number of nitrogens with one attached hydrogen (secondary N) is 1. The van der Waals surface area contributed by atoms with Crippen LogP contribution in [0.4, 0.5) is 10.7 Å². The van der Waals surface area contributed by atoms with Gasteiger partial charge in [0.2, 0.25) is 0 Å². The fourth-order valence-electron chi connectivity index (χ4n) is 1.37. The molecule has 1 heterocycles. The van der Waals surface area contributed by atoms with Gasteiger partial charge >= 0.3 is 12.0 Å². The van der Waals surface area contributed by atoms with Crippen molar-refractivity contribution >= 4 is 17.9 Å². The minimum atomic E-state index is -1.04. The molecule has 1 aromatic heterocycles. The number of anilines is 1. The van der Waals surface area contributed by atoms with E-state index in [1.165, 1.54) is 17.3 Å². The summed E-state index contributed by atoms with van der Waals surface area (Å²) in [5, 5.41) is 18.3. The van der Waals surface area contributed by atoms with Gasteiger partial charge in [0.25, 0.3) is 5.95 Å². The van der Waals surface area contributed by atoms with Gasteiger partial charge in [-0.1, -0.05) is 0 Å². The maximum atomic E-state index is 11.8. The van der Waals surface area contributed by atoms with Gasteiger partial charge in [-0.2, -0.15) is 5.10 Å². The van der Waals surface area contributed by atoms with E-state index in [1.807, 2.05) is 0 Å². The number of aliphatic carboxylic acids is 1. The van der Waals surface area contributed by atoms with Crippen molar-refractivity contribution in [3.8, 4) is 0 Å². The molecule has 1 fully saturated rings. The predicted molar refractivity (Wildman–Crippen MR) is 56.2 cm³/mol. The molecule has 0 spiro atoms. The molecule has 0 saturated heterocycles. The molecular weight excluding hydrogens is 226 g/mol. The van der Waals surface area contributed by atoms with E-state index in [9.17, 15) is 9.59 Å². The zero-order chi connectivity index (χ0) is 12.3. The lowest BCUT2D eigenvalue weighted by atomic mass is 10.5. The number of amides is 2. The van der Waals surface area contributed by atoms with Crippen molar-refractivity contribution < 1.29 is 14.7 Å². The maximum Gasteiger partial charge on any atom is 0.325 e. The highest BCUT2D eigenvalue weighted by atomic mass is 16.4. The molecular formula is C9H11N5O3. The highest BCUT2D eigenvalue weighted by Gasteiger charge is 2.34. The number of carboxylic acid groups (broad SMARTS) is 1. The van der Waals surface area contributed by atoms with E-state index in [2.05, 4.69) is 20.5 Å². The van der Waals surface area contributed by atoms with E-state index >= 15 is 0 Å². The molecule has 8 nitrogen and oxygen atoms in total. The van der Waals surface area contributed by atoms with Gasteiger partial charge < -0.3 is 10.0 Å². The topological polar surface area (TPSA) is 108 Å². The van der Waals surface area contributed by atoms with Crippen LogP contribution in [0.1, 0.15) is 12.8 Å². The molecule has 1 aliphatic rings. The zero-order valence-corrected chi connectivity index (χ0v) is 8.91. The van der Waals surface area contributed by atoms with E-state index in [0.29, 0.717) is 0 Å². The minimum Gasteiger partial charge on any atom is -0.480 e. The Bertz CT molecular complexity index is 420. The molecule has 2 amide bonds. The fraction of sp³-hybridized carbons (Fsp3) is 0.444. The molecule has 8 heteroatoms. The Morgan fingerprint density at radius 1 is 1.47 bits per heavy atom. The number of aromatic nitrogens is 3. The molecule has 90 valence electrons. The lowest BCUT2D eigenvalue weighted by Gasteiger charge is -2.19. The molecule has 2 rings (SSSR count). The van der Waals surface area contributed by atoms with Gasteiger partial charge in [0.05, 0.1) is 12.4 Å². The molecule has 0 aliphatic heterocycles. The normalized spacial score (nSPS) is 14.1. The summed E-state index contributed by atoms with van der Waals surface area (Å²) in [5.41, 5.74) is 0. The molecule has 0 atom stereocenters. The van der Waals surface area contributed by atoms with Crippen LogP contribution in [0, 0.1) is 0 Å². The first kappa shape index (κ1) is 11.2. The van der Waals surface area contributed by atoms with Crippen molar-refractivity contribution in [2.24, 2.45) is 0 Å². The molecule has 17 heavy (non-hydrogen) atoms. The van der Waals surface area contributed by atoms with E-state index in [-0.39, 0.29) is 18.5 Å². The van der Waals surface area contributed by atoms with Crippen LogP contribution in [-0.4, -0.2) is 49.8 Å². The van der Waals surface area contributed by atoms with Crippen LogP contribution in [-0.2, 0) is 4.79 Å². The number of nitrogens with zero attached hydrogens (tertiary/aromatic N) is 4. The SMILES string of the molecule is O=C(O)CN(C(=O)Nc1nccnn1)C1CC1. The average molecular weight is 237 g/mol. The first-order valence-electron chi connectivity index (χ1n) is 5.10. The summed E-state index contributed by atoms with van der Waals surface area (Å²) in [5.74, 6) is -0.979. The van der Waals surface area contributed by atoms with Crippen molar-refractivity contribution in [1.29, 1.82) is 0 Å². The standard InChI is InChI=1S/C9H11N5O3/c15-7(16)5-14(6-1-2-6)9(17)12-8-10-3-4-11-13-8/h3-4,6H,1-2,5H2,(H,15,16)(H,10,12,13,17). The number of urea groups is 1. The molecule has 1 aromatic rings. The number of hydrogen-bond donors (Lipinski definition) is 2. The van der Waals surface area contributed by atoms with Crippen LogP contribution in [0.2, 0.25) is 0 Å². The highest BCUT2D eigenvalue weighted by molar-refractivity contribution is 5.90. The fourth-order valence-corrected chi connectivity index (χ4v) is 1.37. The van der Waals surface area contributed by atoms with Crippen molar-refractivity contribution in [3.63, 3.8) is 0 Å². The van der Waals surface area contributed by atoms with E-state index < -0.39 is 12.0 Å². The Balaban J connectivity index is 1.99. The van der Waals surface area contributed by atoms with Crippen LogP contribution >= 0.6 is 0 Å². The van der Waals surface area contributed by atoms with Gasteiger partial charge in [-0.15, -0.1) is 5.10 Å². The summed E-state index contributed by atoms with van der Waals surface area (Å²) in [6, 6.07) is -0.509. The second kappa shape index (κ2) is 4.73.